The van der Waals surface area contributed by atoms with E-state index in [2.05, 4.69) is 27.9 Å². The molecule has 4 nitrogen and oxygen atoms in total. The van der Waals surface area contributed by atoms with E-state index in [-0.39, 0.29) is 11.8 Å². The van der Waals surface area contributed by atoms with E-state index < -0.39 is 0 Å². The van der Waals surface area contributed by atoms with Crippen LogP contribution >= 0.6 is 22.6 Å². The molecule has 0 bridgehead atoms. The summed E-state index contributed by atoms with van der Waals surface area (Å²) in [6.07, 6.45) is 1.85. The van der Waals surface area contributed by atoms with Crippen molar-refractivity contribution in [2.24, 2.45) is 5.73 Å². The molecule has 0 fully saturated rings. The highest BCUT2D eigenvalue weighted by molar-refractivity contribution is 14.1. The van der Waals surface area contributed by atoms with Gasteiger partial charge in [-0.1, -0.05) is 0 Å². The van der Waals surface area contributed by atoms with Crippen LogP contribution in [-0.2, 0) is 4.79 Å². The summed E-state index contributed by atoms with van der Waals surface area (Å²) in [7, 11) is 0. The second-order valence-electron chi connectivity index (χ2n) is 3.69. The van der Waals surface area contributed by atoms with E-state index >= 15 is 0 Å². The number of amides is 2. The Bertz CT molecular complexity index is 390. The van der Waals surface area contributed by atoms with Crippen molar-refractivity contribution in [1.29, 1.82) is 0 Å². The normalized spacial score (nSPS) is 9.94. The van der Waals surface area contributed by atoms with Crippen LogP contribution in [0.15, 0.2) is 24.3 Å². The minimum Gasteiger partial charge on any atom is -0.370 e. The number of nitrogens with two attached hydrogens (primary N) is 1. The molecule has 17 heavy (non-hydrogen) atoms. The molecule has 0 radical (unpaired) electrons. The lowest BCUT2D eigenvalue weighted by molar-refractivity contribution is -0.118. The maximum absolute atomic E-state index is 11.6. The predicted molar refractivity (Wildman–Crippen MR) is 74.5 cm³/mol. The van der Waals surface area contributed by atoms with E-state index in [1.807, 2.05) is 12.1 Å². The van der Waals surface area contributed by atoms with Crippen molar-refractivity contribution < 1.29 is 9.59 Å². The van der Waals surface area contributed by atoms with Crippen molar-refractivity contribution >= 4 is 34.4 Å². The third-order valence-corrected chi connectivity index (χ3v) is 2.96. The molecule has 0 spiro atoms. The van der Waals surface area contributed by atoms with E-state index in [1.54, 1.807) is 12.1 Å². The number of carbonyl (C=O) groups is 2. The first-order chi connectivity index (χ1) is 8.09. The van der Waals surface area contributed by atoms with Crippen molar-refractivity contribution in [2.45, 2.75) is 19.3 Å². The van der Waals surface area contributed by atoms with Crippen molar-refractivity contribution in [1.82, 2.24) is 5.32 Å². The lowest BCUT2D eigenvalue weighted by atomic mass is 10.2. The summed E-state index contributed by atoms with van der Waals surface area (Å²) >= 11 is 2.19. The van der Waals surface area contributed by atoms with Gasteiger partial charge in [0.2, 0.25) is 5.91 Å². The van der Waals surface area contributed by atoms with Crippen molar-refractivity contribution in [3.8, 4) is 0 Å². The number of hydrogen-bond donors (Lipinski definition) is 2. The minimum atomic E-state index is -0.297. The Balaban J connectivity index is 2.25. The molecule has 0 aliphatic rings. The summed E-state index contributed by atoms with van der Waals surface area (Å²) in [4.78, 5) is 22.1. The summed E-state index contributed by atoms with van der Waals surface area (Å²) < 4.78 is 1.10. The quantitative estimate of drug-likeness (QED) is 0.608. The molecule has 0 aromatic heterocycles. The zero-order valence-corrected chi connectivity index (χ0v) is 11.6. The van der Waals surface area contributed by atoms with Gasteiger partial charge < -0.3 is 11.1 Å². The smallest absolute Gasteiger partial charge is 0.251 e. The number of primary amides is 1. The van der Waals surface area contributed by atoms with E-state index in [9.17, 15) is 9.59 Å². The Morgan fingerprint density at radius 3 is 2.41 bits per heavy atom. The molecule has 0 aliphatic heterocycles. The van der Waals surface area contributed by atoms with Gasteiger partial charge in [-0.15, -0.1) is 0 Å². The van der Waals surface area contributed by atoms with Crippen molar-refractivity contribution in [2.75, 3.05) is 6.54 Å². The summed E-state index contributed by atoms with van der Waals surface area (Å²) in [6, 6.07) is 7.37. The fourth-order valence-corrected chi connectivity index (χ4v) is 1.69. The SMILES string of the molecule is NC(=O)CCCCNC(=O)c1ccc(I)cc1. The Hall–Kier alpha value is -1.11. The molecule has 0 saturated heterocycles. The highest BCUT2D eigenvalue weighted by Gasteiger charge is 2.03. The van der Waals surface area contributed by atoms with Crippen LogP contribution in [0.1, 0.15) is 29.6 Å². The van der Waals surface area contributed by atoms with Gasteiger partial charge >= 0.3 is 0 Å². The predicted octanol–water partition coefficient (Wildman–Crippen LogP) is 1.68. The molecule has 0 unspecified atom stereocenters. The summed E-state index contributed by atoms with van der Waals surface area (Å²) in [5.74, 6) is -0.380. The zero-order valence-electron chi connectivity index (χ0n) is 9.41. The maximum atomic E-state index is 11.6. The van der Waals surface area contributed by atoms with Gasteiger partial charge in [0, 0.05) is 22.1 Å². The Kier molecular flexibility index (Phi) is 5.96. The topological polar surface area (TPSA) is 72.2 Å². The van der Waals surface area contributed by atoms with Crippen LogP contribution < -0.4 is 11.1 Å². The van der Waals surface area contributed by atoms with E-state index in [1.165, 1.54) is 0 Å². The molecule has 0 saturated carbocycles. The average Bonchev–Trinajstić information content (AvgIpc) is 2.29. The molecule has 2 amide bonds. The van der Waals surface area contributed by atoms with Gasteiger partial charge in [-0.05, 0) is 59.7 Å². The molecule has 0 atom stereocenters. The van der Waals surface area contributed by atoms with Crippen molar-refractivity contribution in [3.63, 3.8) is 0 Å². The number of rotatable bonds is 6. The van der Waals surface area contributed by atoms with E-state index in [0.717, 1.165) is 9.99 Å². The van der Waals surface area contributed by atoms with Crippen LogP contribution in [0.25, 0.3) is 0 Å². The van der Waals surface area contributed by atoms with Gasteiger partial charge in [-0.3, -0.25) is 9.59 Å². The van der Waals surface area contributed by atoms with Gasteiger partial charge in [0.25, 0.3) is 5.91 Å². The fraction of sp³-hybridized carbons (Fsp3) is 0.333. The first-order valence-corrected chi connectivity index (χ1v) is 6.49. The van der Waals surface area contributed by atoms with Crippen LogP contribution in [0, 0.1) is 3.57 Å². The molecule has 1 aromatic carbocycles. The first-order valence-electron chi connectivity index (χ1n) is 5.41. The molecular formula is C12H15IN2O2. The van der Waals surface area contributed by atoms with Gasteiger partial charge in [-0.2, -0.15) is 0 Å². The van der Waals surface area contributed by atoms with Crippen LogP contribution in [0.3, 0.4) is 0 Å². The first kappa shape index (κ1) is 14.0. The highest BCUT2D eigenvalue weighted by atomic mass is 127. The van der Waals surface area contributed by atoms with E-state index in [0.29, 0.717) is 24.9 Å². The molecule has 1 rings (SSSR count). The summed E-state index contributed by atoms with van der Waals surface area (Å²) in [5.41, 5.74) is 5.67. The maximum Gasteiger partial charge on any atom is 0.251 e. The van der Waals surface area contributed by atoms with Crippen LogP contribution in [0.4, 0.5) is 0 Å². The van der Waals surface area contributed by atoms with Crippen LogP contribution in [0.2, 0.25) is 0 Å². The Morgan fingerprint density at radius 2 is 1.82 bits per heavy atom. The number of carbonyl (C=O) groups excluding carboxylic acids is 2. The van der Waals surface area contributed by atoms with Gasteiger partial charge in [0.1, 0.15) is 0 Å². The van der Waals surface area contributed by atoms with Crippen LogP contribution in [0.5, 0.6) is 0 Å². The highest BCUT2D eigenvalue weighted by Crippen LogP contribution is 2.06. The molecule has 0 aliphatic carbocycles. The molecule has 1 aromatic rings. The van der Waals surface area contributed by atoms with Crippen molar-refractivity contribution in [3.05, 3.63) is 33.4 Å². The summed E-state index contributed by atoms with van der Waals surface area (Å²) in [5, 5.41) is 2.80. The van der Waals surface area contributed by atoms with Gasteiger partial charge in [0.05, 0.1) is 0 Å². The third kappa shape index (κ3) is 5.67. The number of benzene rings is 1. The lowest BCUT2D eigenvalue weighted by Crippen LogP contribution is -2.24. The number of unbranched alkanes of at least 4 members (excludes halogenated alkanes) is 1. The number of nitrogens with one attached hydrogen (secondary N) is 1. The zero-order chi connectivity index (χ0) is 12.7. The Morgan fingerprint density at radius 1 is 1.18 bits per heavy atom. The van der Waals surface area contributed by atoms with E-state index in [4.69, 9.17) is 5.73 Å². The Labute approximate surface area is 114 Å². The van der Waals surface area contributed by atoms with Gasteiger partial charge in [0.15, 0.2) is 0 Å². The second kappa shape index (κ2) is 7.26. The minimum absolute atomic E-state index is 0.0829. The number of halogens is 1. The van der Waals surface area contributed by atoms with Crippen LogP contribution in [-0.4, -0.2) is 18.4 Å². The summed E-state index contributed by atoms with van der Waals surface area (Å²) in [6.45, 7) is 0.568. The van der Waals surface area contributed by atoms with Gasteiger partial charge in [-0.25, -0.2) is 0 Å². The monoisotopic (exact) mass is 346 g/mol. The standard InChI is InChI=1S/C12H15IN2O2/c13-10-6-4-9(5-7-10)12(17)15-8-2-1-3-11(14)16/h4-7H,1-3,8H2,(H2,14,16)(H,15,17). The second-order valence-corrected chi connectivity index (χ2v) is 4.93. The average molecular weight is 346 g/mol. The fourth-order valence-electron chi connectivity index (χ4n) is 1.33. The molecular weight excluding hydrogens is 331 g/mol. The lowest BCUT2D eigenvalue weighted by Gasteiger charge is -2.04. The molecule has 92 valence electrons. The molecule has 0 heterocycles. The third-order valence-electron chi connectivity index (χ3n) is 2.24. The molecule has 5 heteroatoms. The number of hydrogen-bond acceptors (Lipinski definition) is 2. The largest absolute Gasteiger partial charge is 0.370 e. The molecule has 3 N–H and O–H groups in total.